The van der Waals surface area contributed by atoms with Crippen molar-refractivity contribution in [2.45, 2.75) is 33.8 Å². The number of aryl methyl sites for hydroxylation is 2. The molecule has 2 aromatic carbocycles. The Morgan fingerprint density at radius 2 is 2.00 bits per heavy atom. The Hall–Kier alpha value is -2.00. The number of ether oxygens (including phenoxy) is 1. The van der Waals surface area contributed by atoms with Crippen molar-refractivity contribution < 1.29 is 9.53 Å². The molecule has 0 atom stereocenters. The fraction of sp³-hybridized carbons (Fsp3) is 0.278. The Kier molecular flexibility index (Phi) is 5.45. The highest BCUT2D eigenvalue weighted by atomic mass is 35.5. The summed E-state index contributed by atoms with van der Waals surface area (Å²) in [5.74, 6) is 0.628. The van der Waals surface area contributed by atoms with Gasteiger partial charge in [0.25, 0.3) is 0 Å². The normalized spacial score (nSPS) is 10.4. The lowest BCUT2D eigenvalue weighted by Gasteiger charge is -2.15. The Labute approximate surface area is 136 Å². The van der Waals surface area contributed by atoms with Crippen LogP contribution in [0.3, 0.4) is 0 Å². The summed E-state index contributed by atoms with van der Waals surface area (Å²) >= 11 is 6.19. The third-order valence-electron chi connectivity index (χ3n) is 3.46. The van der Waals surface area contributed by atoms with Gasteiger partial charge in [0.2, 0.25) is 5.91 Å². The van der Waals surface area contributed by atoms with Gasteiger partial charge in [0.05, 0.1) is 5.02 Å². The van der Waals surface area contributed by atoms with E-state index in [2.05, 4.69) is 5.32 Å². The Morgan fingerprint density at radius 1 is 1.23 bits per heavy atom. The first-order valence-electron chi connectivity index (χ1n) is 7.28. The zero-order chi connectivity index (χ0) is 16.1. The number of benzene rings is 2. The summed E-state index contributed by atoms with van der Waals surface area (Å²) in [5, 5.41) is 3.50. The molecule has 0 saturated heterocycles. The standard InChI is InChI=1S/C18H20ClNO2/c1-4-18(21)20-16-7-5-6-13(3)14(16)11-22-17-9-8-12(2)10-15(17)19/h5-10H,4,11H2,1-3H3,(H,20,21). The summed E-state index contributed by atoms with van der Waals surface area (Å²) in [6.07, 6.45) is 0.442. The van der Waals surface area contributed by atoms with Crippen LogP contribution in [0.4, 0.5) is 5.69 Å². The highest BCUT2D eigenvalue weighted by Gasteiger charge is 2.10. The van der Waals surface area contributed by atoms with Crippen molar-refractivity contribution >= 4 is 23.2 Å². The summed E-state index contributed by atoms with van der Waals surface area (Å²) in [4.78, 5) is 11.6. The zero-order valence-electron chi connectivity index (χ0n) is 13.1. The SMILES string of the molecule is CCC(=O)Nc1cccc(C)c1COc1ccc(C)cc1Cl. The summed E-state index contributed by atoms with van der Waals surface area (Å²) in [6.45, 7) is 6.16. The lowest BCUT2D eigenvalue weighted by molar-refractivity contribution is -0.115. The summed E-state index contributed by atoms with van der Waals surface area (Å²) < 4.78 is 5.83. The first-order chi connectivity index (χ1) is 10.5. The first kappa shape index (κ1) is 16.4. The van der Waals surface area contributed by atoms with Crippen molar-refractivity contribution in [3.8, 4) is 5.75 Å². The number of hydrogen-bond acceptors (Lipinski definition) is 2. The van der Waals surface area contributed by atoms with Gasteiger partial charge in [0, 0.05) is 17.7 Å². The molecular formula is C18H20ClNO2. The van der Waals surface area contributed by atoms with Crippen molar-refractivity contribution in [1.29, 1.82) is 0 Å². The second-order valence-corrected chi connectivity index (χ2v) is 5.63. The van der Waals surface area contributed by atoms with Gasteiger partial charge in [0.1, 0.15) is 12.4 Å². The van der Waals surface area contributed by atoms with Gasteiger partial charge in [-0.15, -0.1) is 0 Å². The van der Waals surface area contributed by atoms with Crippen molar-refractivity contribution in [1.82, 2.24) is 0 Å². The van der Waals surface area contributed by atoms with Crippen LogP contribution in [-0.4, -0.2) is 5.91 Å². The van der Waals surface area contributed by atoms with Crippen molar-refractivity contribution in [2.75, 3.05) is 5.32 Å². The molecule has 0 aromatic heterocycles. The molecule has 0 saturated carbocycles. The van der Waals surface area contributed by atoms with E-state index in [1.807, 2.05) is 57.2 Å². The molecule has 0 aliphatic rings. The maximum absolute atomic E-state index is 11.6. The average molecular weight is 318 g/mol. The number of rotatable bonds is 5. The lowest BCUT2D eigenvalue weighted by atomic mass is 10.1. The number of hydrogen-bond donors (Lipinski definition) is 1. The van der Waals surface area contributed by atoms with Gasteiger partial charge in [-0.1, -0.05) is 36.7 Å². The quantitative estimate of drug-likeness (QED) is 0.853. The maximum atomic E-state index is 11.6. The summed E-state index contributed by atoms with van der Waals surface area (Å²) in [5.41, 5.74) is 3.90. The highest BCUT2D eigenvalue weighted by Crippen LogP contribution is 2.28. The molecule has 0 radical (unpaired) electrons. The molecule has 0 aliphatic heterocycles. The molecule has 1 amide bonds. The van der Waals surface area contributed by atoms with E-state index >= 15 is 0 Å². The molecule has 22 heavy (non-hydrogen) atoms. The van der Waals surface area contributed by atoms with Gasteiger partial charge in [-0.2, -0.15) is 0 Å². The van der Waals surface area contributed by atoms with Crippen LogP contribution in [0.25, 0.3) is 0 Å². The lowest BCUT2D eigenvalue weighted by Crippen LogP contribution is -2.13. The molecule has 0 heterocycles. The van der Waals surface area contributed by atoms with E-state index < -0.39 is 0 Å². The van der Waals surface area contributed by atoms with Crippen LogP contribution in [0.2, 0.25) is 5.02 Å². The fourth-order valence-corrected chi connectivity index (χ4v) is 2.41. The van der Waals surface area contributed by atoms with E-state index in [4.69, 9.17) is 16.3 Å². The van der Waals surface area contributed by atoms with Gasteiger partial charge in [-0.3, -0.25) is 4.79 Å². The monoisotopic (exact) mass is 317 g/mol. The number of nitrogens with one attached hydrogen (secondary N) is 1. The van der Waals surface area contributed by atoms with Crippen molar-refractivity contribution in [3.05, 3.63) is 58.1 Å². The van der Waals surface area contributed by atoms with Crippen LogP contribution in [0, 0.1) is 13.8 Å². The van der Waals surface area contributed by atoms with Crippen LogP contribution in [0.5, 0.6) is 5.75 Å². The molecule has 1 N–H and O–H groups in total. The second kappa shape index (κ2) is 7.32. The second-order valence-electron chi connectivity index (χ2n) is 5.23. The molecule has 2 rings (SSSR count). The van der Waals surface area contributed by atoms with Gasteiger partial charge in [-0.25, -0.2) is 0 Å². The Morgan fingerprint density at radius 3 is 2.68 bits per heavy atom. The number of anilines is 1. The van der Waals surface area contributed by atoms with Gasteiger partial charge >= 0.3 is 0 Å². The smallest absolute Gasteiger partial charge is 0.224 e. The Balaban J connectivity index is 2.19. The van der Waals surface area contributed by atoms with E-state index in [1.54, 1.807) is 0 Å². The predicted octanol–water partition coefficient (Wildman–Crippen LogP) is 4.88. The molecular weight excluding hydrogens is 298 g/mol. The van der Waals surface area contributed by atoms with Gasteiger partial charge in [0.15, 0.2) is 0 Å². The predicted molar refractivity (Wildman–Crippen MR) is 90.6 cm³/mol. The van der Waals surface area contributed by atoms with E-state index in [9.17, 15) is 4.79 Å². The molecule has 0 bridgehead atoms. The van der Waals surface area contributed by atoms with Gasteiger partial charge < -0.3 is 10.1 Å². The minimum atomic E-state index is -0.0137. The van der Waals surface area contributed by atoms with Crippen LogP contribution in [0.1, 0.15) is 30.0 Å². The molecule has 0 fully saturated rings. The average Bonchev–Trinajstić information content (AvgIpc) is 2.48. The van der Waals surface area contributed by atoms with Crippen LogP contribution in [-0.2, 0) is 11.4 Å². The minimum absolute atomic E-state index is 0.0137. The van der Waals surface area contributed by atoms with Crippen LogP contribution < -0.4 is 10.1 Å². The largest absolute Gasteiger partial charge is 0.487 e. The maximum Gasteiger partial charge on any atom is 0.224 e. The van der Waals surface area contributed by atoms with E-state index in [1.165, 1.54) is 0 Å². The van der Waals surface area contributed by atoms with E-state index in [0.717, 1.165) is 22.4 Å². The molecule has 0 spiro atoms. The molecule has 2 aromatic rings. The third-order valence-corrected chi connectivity index (χ3v) is 3.76. The number of halogens is 1. The third kappa shape index (κ3) is 4.01. The van der Waals surface area contributed by atoms with E-state index in [-0.39, 0.29) is 5.91 Å². The number of amides is 1. The molecule has 4 heteroatoms. The summed E-state index contributed by atoms with van der Waals surface area (Å²) in [7, 11) is 0. The summed E-state index contributed by atoms with van der Waals surface area (Å²) in [6, 6.07) is 11.5. The molecule has 116 valence electrons. The molecule has 0 aliphatic carbocycles. The fourth-order valence-electron chi connectivity index (χ4n) is 2.12. The zero-order valence-corrected chi connectivity index (χ0v) is 13.8. The van der Waals surface area contributed by atoms with Gasteiger partial charge in [-0.05, 0) is 43.2 Å². The first-order valence-corrected chi connectivity index (χ1v) is 7.66. The number of carbonyl (C=O) groups excluding carboxylic acids is 1. The molecule has 3 nitrogen and oxygen atoms in total. The molecule has 0 unspecified atom stereocenters. The van der Waals surface area contributed by atoms with Crippen molar-refractivity contribution in [2.24, 2.45) is 0 Å². The highest BCUT2D eigenvalue weighted by molar-refractivity contribution is 6.32. The van der Waals surface area contributed by atoms with Crippen molar-refractivity contribution in [3.63, 3.8) is 0 Å². The number of carbonyl (C=O) groups is 1. The van der Waals surface area contributed by atoms with Crippen LogP contribution in [0.15, 0.2) is 36.4 Å². The Bertz CT molecular complexity index is 683. The minimum Gasteiger partial charge on any atom is -0.487 e. The topological polar surface area (TPSA) is 38.3 Å². The van der Waals surface area contributed by atoms with Crippen LogP contribution >= 0.6 is 11.6 Å². The van der Waals surface area contributed by atoms with E-state index in [0.29, 0.717) is 23.8 Å².